The minimum Gasteiger partial charge on any atom is -0.478 e. The van der Waals surface area contributed by atoms with Crippen molar-refractivity contribution in [2.24, 2.45) is 0 Å². The predicted molar refractivity (Wildman–Crippen MR) is 100 cm³/mol. The summed E-state index contributed by atoms with van der Waals surface area (Å²) in [5.41, 5.74) is -0.378. The number of aromatic nitrogens is 1. The molecule has 0 atom stereocenters. The maximum absolute atomic E-state index is 12.7. The van der Waals surface area contributed by atoms with Gasteiger partial charge in [0.2, 0.25) is 10.0 Å². The third kappa shape index (κ3) is 3.94. The number of nitrogens with zero attached hydrogens (tertiary/aromatic N) is 2. The Hall–Kier alpha value is -2.98. The normalized spacial score (nSPS) is 12.5. The lowest BCUT2D eigenvalue weighted by Crippen LogP contribution is -2.22. The Bertz CT molecular complexity index is 1200. The summed E-state index contributed by atoms with van der Waals surface area (Å²) in [5, 5.41) is 9.68. The van der Waals surface area contributed by atoms with Gasteiger partial charge in [-0.05, 0) is 36.4 Å². The number of pyridine rings is 1. The number of carbonyl (C=O) groups is 1. The smallest absolute Gasteiger partial charge is 0.416 e. The second-order valence-electron chi connectivity index (χ2n) is 6.40. The van der Waals surface area contributed by atoms with Crippen LogP contribution in [0.5, 0.6) is 0 Å². The number of hydrogen-bond donors (Lipinski definition) is 1. The first-order valence-corrected chi connectivity index (χ1v) is 9.63. The van der Waals surface area contributed by atoms with Gasteiger partial charge in [0.15, 0.2) is 0 Å². The molecular weight excluding hydrogens is 409 g/mol. The molecular formula is C19H15F3N2O4S. The summed E-state index contributed by atoms with van der Waals surface area (Å²) in [6.45, 7) is 0. The van der Waals surface area contributed by atoms with E-state index in [9.17, 15) is 31.5 Å². The molecule has 0 aliphatic carbocycles. The fourth-order valence-corrected chi connectivity index (χ4v) is 3.66. The monoisotopic (exact) mass is 424 g/mol. The molecule has 1 aromatic heterocycles. The highest BCUT2D eigenvalue weighted by Crippen LogP contribution is 2.32. The van der Waals surface area contributed by atoms with Gasteiger partial charge in [-0.3, -0.25) is 0 Å². The average Bonchev–Trinajstić information content (AvgIpc) is 2.65. The maximum atomic E-state index is 12.7. The first kappa shape index (κ1) is 20.7. The number of rotatable bonds is 4. The summed E-state index contributed by atoms with van der Waals surface area (Å²) in [7, 11) is -1.08. The van der Waals surface area contributed by atoms with Crippen LogP contribution in [-0.2, 0) is 16.2 Å². The topological polar surface area (TPSA) is 87.6 Å². The molecule has 3 aromatic rings. The molecule has 1 heterocycles. The number of halogens is 3. The van der Waals surface area contributed by atoms with Crippen molar-refractivity contribution in [2.45, 2.75) is 11.1 Å². The zero-order valence-electron chi connectivity index (χ0n) is 15.2. The summed E-state index contributed by atoms with van der Waals surface area (Å²) in [6.07, 6.45) is -4.49. The molecule has 29 heavy (non-hydrogen) atoms. The Labute approximate surface area is 164 Å². The Balaban J connectivity index is 2.19. The molecule has 0 aliphatic heterocycles. The summed E-state index contributed by atoms with van der Waals surface area (Å²) in [4.78, 5) is 15.9. The molecule has 0 saturated carbocycles. The lowest BCUT2D eigenvalue weighted by Gasteiger charge is -2.13. The Morgan fingerprint density at radius 2 is 1.66 bits per heavy atom. The molecule has 152 valence electrons. The van der Waals surface area contributed by atoms with Gasteiger partial charge >= 0.3 is 12.1 Å². The van der Waals surface area contributed by atoms with Gasteiger partial charge in [0.05, 0.1) is 27.2 Å². The number of alkyl halides is 3. The predicted octanol–water partition coefficient (Wildman–Crippen LogP) is 3.87. The van der Waals surface area contributed by atoms with Crippen molar-refractivity contribution in [3.63, 3.8) is 0 Å². The number of sulfonamides is 1. The van der Waals surface area contributed by atoms with Crippen LogP contribution in [0.1, 0.15) is 15.9 Å². The van der Waals surface area contributed by atoms with Crippen molar-refractivity contribution in [1.29, 1.82) is 0 Å². The molecule has 1 N–H and O–H groups in total. The van der Waals surface area contributed by atoms with E-state index in [4.69, 9.17) is 0 Å². The molecule has 0 aliphatic rings. The van der Waals surface area contributed by atoms with Gasteiger partial charge in [-0.1, -0.05) is 12.1 Å². The average molecular weight is 424 g/mol. The van der Waals surface area contributed by atoms with Crippen molar-refractivity contribution in [2.75, 3.05) is 14.1 Å². The van der Waals surface area contributed by atoms with Crippen molar-refractivity contribution >= 4 is 26.9 Å². The van der Waals surface area contributed by atoms with E-state index in [1.54, 1.807) is 0 Å². The number of fused-ring (bicyclic) bond motifs is 1. The summed E-state index contributed by atoms with van der Waals surface area (Å²) < 4.78 is 63.9. The zero-order valence-corrected chi connectivity index (χ0v) is 16.0. The second kappa shape index (κ2) is 7.12. The third-order valence-electron chi connectivity index (χ3n) is 4.30. The molecule has 0 fully saturated rings. The molecule has 0 saturated heterocycles. The van der Waals surface area contributed by atoms with E-state index in [2.05, 4.69) is 4.98 Å². The van der Waals surface area contributed by atoms with Crippen LogP contribution in [0.3, 0.4) is 0 Å². The number of benzene rings is 2. The van der Waals surface area contributed by atoms with E-state index in [1.807, 2.05) is 0 Å². The van der Waals surface area contributed by atoms with Crippen molar-refractivity contribution in [3.8, 4) is 11.3 Å². The van der Waals surface area contributed by atoms with Gasteiger partial charge in [0.1, 0.15) is 0 Å². The van der Waals surface area contributed by atoms with Crippen LogP contribution >= 0.6 is 0 Å². The third-order valence-corrected chi connectivity index (χ3v) is 6.11. The first-order valence-electron chi connectivity index (χ1n) is 8.19. The van der Waals surface area contributed by atoms with Crippen molar-refractivity contribution in [1.82, 2.24) is 9.29 Å². The maximum Gasteiger partial charge on any atom is 0.416 e. The van der Waals surface area contributed by atoms with E-state index < -0.39 is 27.7 Å². The molecule has 0 amide bonds. The van der Waals surface area contributed by atoms with E-state index in [0.717, 1.165) is 16.4 Å². The number of carboxylic acid groups (broad SMARTS) is 1. The van der Waals surface area contributed by atoms with Gasteiger partial charge in [-0.25, -0.2) is 22.5 Å². The highest BCUT2D eigenvalue weighted by atomic mass is 32.2. The Kier molecular flexibility index (Phi) is 5.10. The molecule has 0 radical (unpaired) electrons. The van der Waals surface area contributed by atoms with E-state index in [1.165, 1.54) is 50.5 Å². The second-order valence-corrected chi connectivity index (χ2v) is 8.55. The van der Waals surface area contributed by atoms with Gasteiger partial charge in [-0.2, -0.15) is 13.2 Å². The lowest BCUT2D eigenvalue weighted by atomic mass is 10.0. The van der Waals surface area contributed by atoms with E-state index in [-0.39, 0.29) is 27.1 Å². The molecule has 10 heteroatoms. The first-order chi connectivity index (χ1) is 13.4. The number of aromatic carboxylic acids is 1. The summed E-state index contributed by atoms with van der Waals surface area (Å²) in [6, 6.07) is 9.26. The van der Waals surface area contributed by atoms with Crippen LogP contribution in [0.15, 0.2) is 53.4 Å². The van der Waals surface area contributed by atoms with Crippen LogP contribution in [0, 0.1) is 0 Å². The van der Waals surface area contributed by atoms with Crippen LogP contribution in [-0.4, -0.2) is 42.9 Å². The highest BCUT2D eigenvalue weighted by Gasteiger charge is 2.30. The van der Waals surface area contributed by atoms with Crippen LogP contribution in [0.25, 0.3) is 22.2 Å². The SMILES string of the molecule is CN(C)S(=O)(=O)c1ccc2nc(-c3ccc(C(F)(F)F)cc3)cc(C(=O)O)c2c1. The molecule has 6 nitrogen and oxygen atoms in total. The van der Waals surface area contributed by atoms with E-state index in [0.29, 0.717) is 5.56 Å². The van der Waals surface area contributed by atoms with E-state index >= 15 is 0 Å². The van der Waals surface area contributed by atoms with Gasteiger partial charge in [-0.15, -0.1) is 0 Å². The molecule has 2 aromatic carbocycles. The van der Waals surface area contributed by atoms with Gasteiger partial charge < -0.3 is 5.11 Å². The Morgan fingerprint density at radius 1 is 1.03 bits per heavy atom. The largest absolute Gasteiger partial charge is 0.478 e. The minimum atomic E-state index is -4.49. The standard InChI is InChI=1S/C19H15F3N2O4S/c1-24(2)29(27,28)13-7-8-16-14(9-13)15(18(25)26)10-17(23-16)11-3-5-12(6-4-11)19(20,21)22/h3-10H,1-2H3,(H,25,26). The fourth-order valence-electron chi connectivity index (χ4n) is 2.73. The van der Waals surface area contributed by atoms with Gasteiger partial charge in [0.25, 0.3) is 0 Å². The highest BCUT2D eigenvalue weighted by molar-refractivity contribution is 7.89. The molecule has 0 bridgehead atoms. The summed E-state index contributed by atoms with van der Waals surface area (Å²) in [5.74, 6) is -1.31. The lowest BCUT2D eigenvalue weighted by molar-refractivity contribution is -0.137. The van der Waals surface area contributed by atoms with Crippen molar-refractivity contribution < 1.29 is 31.5 Å². The number of carboxylic acids is 1. The molecule has 3 rings (SSSR count). The Morgan fingerprint density at radius 3 is 2.17 bits per heavy atom. The minimum absolute atomic E-state index is 0.0958. The fraction of sp³-hybridized carbons (Fsp3) is 0.158. The molecule has 0 spiro atoms. The summed E-state index contributed by atoms with van der Waals surface area (Å²) >= 11 is 0. The number of hydrogen-bond acceptors (Lipinski definition) is 4. The van der Waals surface area contributed by atoms with Crippen LogP contribution in [0.2, 0.25) is 0 Å². The van der Waals surface area contributed by atoms with Gasteiger partial charge in [0, 0.05) is 25.0 Å². The quantitative estimate of drug-likeness (QED) is 0.687. The van der Waals surface area contributed by atoms with Crippen molar-refractivity contribution in [3.05, 3.63) is 59.7 Å². The zero-order chi connectivity index (χ0) is 21.6. The molecule has 0 unspecified atom stereocenters. The van der Waals surface area contributed by atoms with Crippen LogP contribution < -0.4 is 0 Å². The van der Waals surface area contributed by atoms with Crippen LogP contribution in [0.4, 0.5) is 13.2 Å².